The summed E-state index contributed by atoms with van der Waals surface area (Å²) in [5, 5.41) is 7.12. The van der Waals surface area contributed by atoms with Crippen LogP contribution in [0.2, 0.25) is 5.02 Å². The first-order chi connectivity index (χ1) is 14.0. The van der Waals surface area contributed by atoms with Gasteiger partial charge in [-0.05, 0) is 37.1 Å². The molecule has 0 aliphatic carbocycles. The van der Waals surface area contributed by atoms with Gasteiger partial charge in [-0.15, -0.1) is 0 Å². The van der Waals surface area contributed by atoms with E-state index in [4.69, 9.17) is 21.4 Å². The largest absolute Gasteiger partial charge is 0.379 e. The molecule has 5 nitrogen and oxygen atoms in total. The fraction of sp³-hybridized carbons (Fsp3) is 0.391. The predicted molar refractivity (Wildman–Crippen MR) is 115 cm³/mol. The Morgan fingerprint density at radius 2 is 1.93 bits per heavy atom. The van der Waals surface area contributed by atoms with Gasteiger partial charge < -0.3 is 4.74 Å². The molecule has 152 valence electrons. The topological polar surface area (TPSA) is 45.1 Å². The van der Waals surface area contributed by atoms with Crippen LogP contribution in [0.5, 0.6) is 0 Å². The van der Waals surface area contributed by atoms with Gasteiger partial charge in [0, 0.05) is 30.1 Å². The van der Waals surface area contributed by atoms with E-state index in [9.17, 15) is 4.79 Å². The molecule has 1 atom stereocenters. The molecule has 2 aliphatic rings. The molecule has 0 saturated carbocycles. The maximum atomic E-state index is 13.2. The lowest BCUT2D eigenvalue weighted by atomic mass is 9.95. The summed E-state index contributed by atoms with van der Waals surface area (Å²) in [6.07, 6.45) is 0.656. The molecular weight excluding hydrogens is 386 g/mol. The third kappa shape index (κ3) is 4.37. The molecule has 1 amide bonds. The standard InChI is InChI=1S/C23H26ClN3O2/c1-16-7-8-17(2)19(13-16)21-14-22(18-5-3-4-6-20(18)24)27(25-21)23(28)15-26-9-11-29-12-10-26/h3-8,13,22H,9-12,14-15H2,1-2H3. The van der Waals surface area contributed by atoms with Crippen LogP contribution < -0.4 is 0 Å². The van der Waals surface area contributed by atoms with Gasteiger partial charge in [0.05, 0.1) is 31.5 Å². The maximum absolute atomic E-state index is 13.2. The number of hydrogen-bond acceptors (Lipinski definition) is 4. The summed E-state index contributed by atoms with van der Waals surface area (Å²) in [4.78, 5) is 15.4. The summed E-state index contributed by atoms with van der Waals surface area (Å²) in [7, 11) is 0. The quantitative estimate of drug-likeness (QED) is 0.764. The van der Waals surface area contributed by atoms with Crippen LogP contribution in [0, 0.1) is 13.8 Å². The highest BCUT2D eigenvalue weighted by molar-refractivity contribution is 6.31. The number of hydrazone groups is 1. The Morgan fingerprint density at radius 1 is 1.17 bits per heavy atom. The molecule has 1 unspecified atom stereocenters. The minimum atomic E-state index is -0.188. The highest BCUT2D eigenvalue weighted by Crippen LogP contribution is 2.37. The van der Waals surface area contributed by atoms with E-state index in [0.717, 1.165) is 35.5 Å². The molecule has 2 heterocycles. The van der Waals surface area contributed by atoms with Gasteiger partial charge in [-0.1, -0.05) is 47.5 Å². The molecular formula is C23H26ClN3O2. The Hall–Kier alpha value is -2.21. The Morgan fingerprint density at radius 3 is 2.69 bits per heavy atom. The number of ether oxygens (including phenoxy) is 1. The molecule has 0 bridgehead atoms. The lowest BCUT2D eigenvalue weighted by Crippen LogP contribution is -2.43. The number of halogens is 1. The lowest BCUT2D eigenvalue weighted by molar-refractivity contribution is -0.135. The molecule has 0 N–H and O–H groups in total. The maximum Gasteiger partial charge on any atom is 0.257 e. The van der Waals surface area contributed by atoms with Crippen LogP contribution in [0.4, 0.5) is 0 Å². The third-order valence-electron chi connectivity index (χ3n) is 5.60. The van der Waals surface area contributed by atoms with Crippen LogP contribution in [0.25, 0.3) is 0 Å². The smallest absolute Gasteiger partial charge is 0.257 e. The minimum Gasteiger partial charge on any atom is -0.379 e. The predicted octanol–water partition coefficient (Wildman–Crippen LogP) is 3.97. The van der Waals surface area contributed by atoms with Gasteiger partial charge in [-0.3, -0.25) is 9.69 Å². The highest BCUT2D eigenvalue weighted by atomic mass is 35.5. The van der Waals surface area contributed by atoms with Crippen LogP contribution in [-0.4, -0.2) is 54.4 Å². The van der Waals surface area contributed by atoms with E-state index in [0.29, 0.717) is 31.2 Å². The van der Waals surface area contributed by atoms with Crippen molar-refractivity contribution >= 4 is 23.2 Å². The van der Waals surface area contributed by atoms with Crippen molar-refractivity contribution in [1.82, 2.24) is 9.91 Å². The Labute approximate surface area is 176 Å². The second-order valence-electron chi connectivity index (χ2n) is 7.73. The molecule has 29 heavy (non-hydrogen) atoms. The van der Waals surface area contributed by atoms with Crippen molar-refractivity contribution in [3.8, 4) is 0 Å². The second kappa shape index (κ2) is 8.66. The van der Waals surface area contributed by atoms with Gasteiger partial charge in [0.2, 0.25) is 0 Å². The second-order valence-corrected chi connectivity index (χ2v) is 8.14. The SMILES string of the molecule is Cc1ccc(C)c(C2=NN(C(=O)CN3CCOCC3)C(c3ccccc3Cl)C2)c1. The third-order valence-corrected chi connectivity index (χ3v) is 5.94. The van der Waals surface area contributed by atoms with E-state index in [1.54, 1.807) is 5.01 Å². The van der Waals surface area contributed by atoms with Gasteiger partial charge in [0.1, 0.15) is 0 Å². The van der Waals surface area contributed by atoms with Crippen molar-refractivity contribution in [3.63, 3.8) is 0 Å². The average molecular weight is 412 g/mol. The van der Waals surface area contributed by atoms with Crippen molar-refractivity contribution in [3.05, 3.63) is 69.7 Å². The lowest BCUT2D eigenvalue weighted by Gasteiger charge is -2.29. The van der Waals surface area contributed by atoms with E-state index in [2.05, 4.69) is 36.9 Å². The Kier molecular flexibility index (Phi) is 5.99. The summed E-state index contributed by atoms with van der Waals surface area (Å²) in [6.45, 7) is 7.36. The van der Waals surface area contributed by atoms with Crippen LogP contribution in [-0.2, 0) is 9.53 Å². The van der Waals surface area contributed by atoms with E-state index in [1.165, 1.54) is 5.56 Å². The van der Waals surface area contributed by atoms with Gasteiger partial charge in [-0.25, -0.2) is 5.01 Å². The number of rotatable bonds is 4. The molecule has 1 fully saturated rings. The number of benzene rings is 2. The zero-order chi connectivity index (χ0) is 20.4. The summed E-state index contributed by atoms with van der Waals surface area (Å²) in [6, 6.07) is 13.9. The fourth-order valence-electron chi connectivity index (χ4n) is 3.96. The van der Waals surface area contributed by atoms with Crippen molar-refractivity contribution in [1.29, 1.82) is 0 Å². The summed E-state index contributed by atoms with van der Waals surface area (Å²) in [5.74, 6) is -0.00266. The normalized spacial score (nSPS) is 20.0. The molecule has 2 aromatic rings. The molecule has 6 heteroatoms. The Bertz CT molecular complexity index is 937. The molecule has 2 aromatic carbocycles. The van der Waals surface area contributed by atoms with Crippen LogP contribution in [0.15, 0.2) is 47.6 Å². The number of carbonyl (C=O) groups is 1. The fourth-order valence-corrected chi connectivity index (χ4v) is 4.22. The first kappa shape index (κ1) is 20.1. The molecule has 1 saturated heterocycles. The number of amides is 1. The first-order valence-electron chi connectivity index (χ1n) is 10.0. The van der Waals surface area contributed by atoms with E-state index in [1.807, 2.05) is 24.3 Å². The van der Waals surface area contributed by atoms with Gasteiger partial charge >= 0.3 is 0 Å². The number of nitrogens with zero attached hydrogens (tertiary/aromatic N) is 3. The molecule has 0 spiro atoms. The molecule has 0 radical (unpaired) electrons. The summed E-state index contributed by atoms with van der Waals surface area (Å²) < 4.78 is 5.40. The van der Waals surface area contributed by atoms with Crippen LogP contribution in [0.1, 0.15) is 34.7 Å². The van der Waals surface area contributed by atoms with E-state index >= 15 is 0 Å². The number of hydrogen-bond donors (Lipinski definition) is 0. The van der Waals surface area contributed by atoms with E-state index in [-0.39, 0.29) is 11.9 Å². The Balaban J connectivity index is 1.66. The molecule has 4 rings (SSSR count). The van der Waals surface area contributed by atoms with Gasteiger partial charge in [0.15, 0.2) is 0 Å². The molecule has 0 aromatic heterocycles. The minimum absolute atomic E-state index is 0.00266. The molecule has 2 aliphatic heterocycles. The van der Waals surface area contributed by atoms with Crippen molar-refractivity contribution in [2.24, 2.45) is 5.10 Å². The van der Waals surface area contributed by atoms with Crippen LogP contribution >= 0.6 is 11.6 Å². The average Bonchev–Trinajstić information content (AvgIpc) is 3.16. The monoisotopic (exact) mass is 411 g/mol. The number of carbonyl (C=O) groups excluding carboxylic acids is 1. The highest BCUT2D eigenvalue weighted by Gasteiger charge is 2.35. The summed E-state index contributed by atoms with van der Waals surface area (Å²) >= 11 is 6.50. The summed E-state index contributed by atoms with van der Waals surface area (Å²) in [5.41, 5.74) is 5.32. The van der Waals surface area contributed by atoms with E-state index < -0.39 is 0 Å². The van der Waals surface area contributed by atoms with Crippen LogP contribution in [0.3, 0.4) is 0 Å². The zero-order valence-electron chi connectivity index (χ0n) is 16.9. The number of morpholine rings is 1. The zero-order valence-corrected chi connectivity index (χ0v) is 17.7. The van der Waals surface area contributed by atoms with Crippen molar-refractivity contribution in [2.45, 2.75) is 26.3 Å². The van der Waals surface area contributed by atoms with Gasteiger partial charge in [-0.2, -0.15) is 5.10 Å². The van der Waals surface area contributed by atoms with Gasteiger partial charge in [0.25, 0.3) is 5.91 Å². The first-order valence-corrected chi connectivity index (χ1v) is 10.4. The van der Waals surface area contributed by atoms with Crippen molar-refractivity contribution in [2.75, 3.05) is 32.8 Å². The number of aryl methyl sites for hydroxylation is 2. The van der Waals surface area contributed by atoms with Crippen molar-refractivity contribution < 1.29 is 9.53 Å².